The van der Waals surface area contributed by atoms with Crippen LogP contribution in [0.15, 0.2) is 17.4 Å². The first-order chi connectivity index (χ1) is 15.9. The summed E-state index contributed by atoms with van der Waals surface area (Å²) >= 11 is 0. The number of hydrogen-bond acceptors (Lipinski definition) is 8. The Morgan fingerprint density at radius 3 is 2.24 bits per heavy atom. The van der Waals surface area contributed by atoms with Gasteiger partial charge in [0.15, 0.2) is 17.4 Å². The number of nitrogens with one attached hydrogen (secondary N) is 1. The quantitative estimate of drug-likeness (QED) is 0.588. The number of fused-ring (bicyclic) bond motifs is 2. The van der Waals surface area contributed by atoms with Crippen molar-refractivity contribution in [3.8, 4) is 0 Å². The Bertz CT molecular complexity index is 1060. The van der Waals surface area contributed by atoms with Gasteiger partial charge in [-0.25, -0.2) is 9.97 Å². The van der Waals surface area contributed by atoms with Gasteiger partial charge in [-0.1, -0.05) is 55.4 Å². The second-order valence-electron chi connectivity index (χ2n) is 10.7. The van der Waals surface area contributed by atoms with Gasteiger partial charge in [-0.15, -0.1) is 0 Å². The van der Waals surface area contributed by atoms with Gasteiger partial charge in [-0.2, -0.15) is 0 Å². The summed E-state index contributed by atoms with van der Waals surface area (Å²) in [7, 11) is -5.59. The van der Waals surface area contributed by atoms with Crippen molar-refractivity contribution in [2.24, 2.45) is 0 Å². The maximum Gasteiger partial charge on any atom is 0.335 e. The Kier molecular flexibility index (Phi) is 6.97. The summed E-state index contributed by atoms with van der Waals surface area (Å²) < 4.78 is 28.8. The molecule has 4 atom stereocenters. The lowest BCUT2D eigenvalue weighted by molar-refractivity contribution is -0.0570. The zero-order valence-electron chi connectivity index (χ0n) is 21.3. The second kappa shape index (κ2) is 9.23. The molecular weight excluding hydrogens is 472 g/mol. The van der Waals surface area contributed by atoms with Gasteiger partial charge in [0.25, 0.3) is 5.56 Å². The normalized spacial score (nSPS) is 29.2. The van der Waals surface area contributed by atoms with Crippen molar-refractivity contribution in [2.45, 2.75) is 102 Å². The van der Waals surface area contributed by atoms with Gasteiger partial charge in [0.05, 0.1) is 19.3 Å². The van der Waals surface area contributed by atoms with Crippen LogP contribution in [0.1, 0.15) is 61.6 Å². The molecule has 2 unspecified atom stereocenters. The fourth-order valence-electron chi connectivity index (χ4n) is 5.42. The Labute approximate surface area is 202 Å². The van der Waals surface area contributed by atoms with Crippen LogP contribution in [0.3, 0.4) is 0 Å². The van der Waals surface area contributed by atoms with E-state index in [4.69, 9.17) is 17.7 Å². The fraction of sp³-hybridized carbons (Fsp3) is 0.773. The third kappa shape index (κ3) is 3.92. The third-order valence-electron chi connectivity index (χ3n) is 7.28. The minimum Gasteiger partial charge on any atom is -0.414 e. The lowest BCUT2D eigenvalue weighted by Gasteiger charge is -2.51. The summed E-state index contributed by atoms with van der Waals surface area (Å²) in [5.41, 5.74) is 0.914. The van der Waals surface area contributed by atoms with Crippen molar-refractivity contribution < 1.29 is 22.8 Å². The SMILES string of the molecule is CC(C)[Si]1(C(C)C)OCC2OC(n3cnc4c(=O)[nH]cnc43)[C@H](O)[C@@H]2O[Si](C(C)C)(C(C)C)O1. The van der Waals surface area contributed by atoms with Gasteiger partial charge in [0.1, 0.15) is 18.3 Å². The summed E-state index contributed by atoms with van der Waals surface area (Å²) in [5, 5.41) is 11.5. The number of aromatic nitrogens is 4. The van der Waals surface area contributed by atoms with Crippen LogP contribution in [0.25, 0.3) is 11.2 Å². The maximum absolute atomic E-state index is 12.1. The van der Waals surface area contributed by atoms with Crippen molar-refractivity contribution in [1.29, 1.82) is 0 Å². The summed E-state index contributed by atoms with van der Waals surface area (Å²) in [6, 6.07) is 0. The first kappa shape index (κ1) is 25.7. The van der Waals surface area contributed by atoms with E-state index in [0.717, 1.165) is 0 Å². The molecule has 0 aromatic carbocycles. The van der Waals surface area contributed by atoms with Crippen molar-refractivity contribution in [3.05, 3.63) is 23.0 Å². The molecule has 2 aliphatic heterocycles. The first-order valence-electron chi connectivity index (χ1n) is 12.2. The molecule has 0 aliphatic carbocycles. The number of H-pyrrole nitrogens is 1. The number of rotatable bonds is 5. The predicted molar refractivity (Wildman–Crippen MR) is 132 cm³/mol. The van der Waals surface area contributed by atoms with E-state index in [1.165, 1.54) is 12.7 Å². The molecule has 2 aliphatic rings. The van der Waals surface area contributed by atoms with Gasteiger partial charge in [-0.05, 0) is 22.2 Å². The molecule has 2 saturated heterocycles. The van der Waals surface area contributed by atoms with E-state index >= 15 is 0 Å². The standard InChI is InChI=1S/C22H38N4O6Si2/c1-12(2)33(13(3)4)29-9-16-19(31-34(32-33,14(5)6)15(7)8)18(27)22(30-16)26-11-25-17-20(26)23-10-24-21(17)28/h10-16,18-19,22,27H,9H2,1-8H3,(H,23,24,28)/t16?,18-,19-,22?/m1/s1. The number of hydrogen-bond donors (Lipinski definition) is 2. The molecule has 4 rings (SSSR count). The molecule has 2 aromatic heterocycles. The van der Waals surface area contributed by atoms with Crippen LogP contribution < -0.4 is 5.56 Å². The number of imidazole rings is 1. The summed E-state index contributed by atoms with van der Waals surface area (Å²) in [6.07, 6.45) is -0.136. The molecule has 2 fully saturated rings. The zero-order chi connectivity index (χ0) is 25.0. The molecule has 34 heavy (non-hydrogen) atoms. The van der Waals surface area contributed by atoms with E-state index in [0.29, 0.717) is 5.65 Å². The molecule has 0 saturated carbocycles. The largest absolute Gasteiger partial charge is 0.414 e. The van der Waals surface area contributed by atoms with Crippen LogP contribution >= 0.6 is 0 Å². The van der Waals surface area contributed by atoms with Crippen molar-refractivity contribution in [1.82, 2.24) is 19.5 Å². The molecule has 2 N–H and O–H groups in total. The Morgan fingerprint density at radius 2 is 1.65 bits per heavy atom. The molecule has 12 heteroatoms. The molecule has 0 bridgehead atoms. The van der Waals surface area contributed by atoms with Crippen LogP contribution in [0.2, 0.25) is 22.2 Å². The second-order valence-corrected chi connectivity index (χ2v) is 19.5. The fourth-order valence-corrected chi connectivity index (χ4v) is 16.6. The van der Waals surface area contributed by atoms with E-state index in [1.807, 2.05) is 0 Å². The number of aromatic amines is 1. The number of aliphatic hydroxyl groups excluding tert-OH is 1. The number of ether oxygens (including phenoxy) is 1. The minimum absolute atomic E-state index is 0.139. The Morgan fingerprint density at radius 1 is 1.03 bits per heavy atom. The molecular formula is C22H38N4O6Si2. The Balaban J connectivity index is 1.78. The van der Waals surface area contributed by atoms with Crippen molar-refractivity contribution in [2.75, 3.05) is 6.61 Å². The van der Waals surface area contributed by atoms with E-state index in [1.54, 1.807) is 4.57 Å². The molecule has 0 amide bonds. The van der Waals surface area contributed by atoms with Gasteiger partial charge < -0.3 is 27.8 Å². The average molecular weight is 511 g/mol. The molecule has 10 nitrogen and oxygen atoms in total. The van der Waals surface area contributed by atoms with Crippen LogP contribution in [-0.4, -0.2) is 66.7 Å². The van der Waals surface area contributed by atoms with Gasteiger partial charge in [0.2, 0.25) is 0 Å². The number of aliphatic hydroxyl groups is 1. The third-order valence-corrected chi connectivity index (χ3v) is 17.5. The highest BCUT2D eigenvalue weighted by atomic mass is 28.5. The lowest BCUT2D eigenvalue weighted by atomic mass is 10.1. The minimum atomic E-state index is -2.88. The lowest BCUT2D eigenvalue weighted by Crippen LogP contribution is -2.65. The maximum atomic E-state index is 12.1. The van der Waals surface area contributed by atoms with Crippen LogP contribution in [0.5, 0.6) is 0 Å². The zero-order valence-corrected chi connectivity index (χ0v) is 23.3. The van der Waals surface area contributed by atoms with Crippen LogP contribution in [0, 0.1) is 0 Å². The average Bonchev–Trinajstić information content (AvgIpc) is 3.29. The van der Waals surface area contributed by atoms with Crippen LogP contribution in [0.4, 0.5) is 0 Å². The molecule has 0 spiro atoms. The highest BCUT2D eigenvalue weighted by molar-refractivity contribution is 6.83. The summed E-state index contributed by atoms with van der Waals surface area (Å²) in [5.74, 6) is 0. The topological polar surface area (TPSA) is 121 Å². The first-order valence-corrected chi connectivity index (χ1v) is 16.1. The van der Waals surface area contributed by atoms with E-state index in [2.05, 4.69) is 70.3 Å². The van der Waals surface area contributed by atoms with Gasteiger partial charge in [0, 0.05) is 0 Å². The van der Waals surface area contributed by atoms with E-state index in [9.17, 15) is 9.90 Å². The van der Waals surface area contributed by atoms with Gasteiger partial charge in [-0.3, -0.25) is 9.36 Å². The van der Waals surface area contributed by atoms with Gasteiger partial charge >= 0.3 is 17.1 Å². The van der Waals surface area contributed by atoms with Crippen molar-refractivity contribution >= 4 is 28.3 Å². The molecule has 2 aromatic rings. The molecule has 0 radical (unpaired) electrons. The number of nitrogens with zero attached hydrogens (tertiary/aromatic N) is 3. The van der Waals surface area contributed by atoms with Crippen molar-refractivity contribution in [3.63, 3.8) is 0 Å². The summed E-state index contributed by atoms with van der Waals surface area (Å²) in [6.45, 7) is 17.5. The molecule has 4 heterocycles. The highest BCUT2D eigenvalue weighted by Crippen LogP contribution is 2.48. The van der Waals surface area contributed by atoms with Crippen LogP contribution in [-0.2, 0) is 17.7 Å². The van der Waals surface area contributed by atoms with E-state index in [-0.39, 0.29) is 39.8 Å². The summed E-state index contributed by atoms with van der Waals surface area (Å²) in [4.78, 5) is 23.1. The highest BCUT2D eigenvalue weighted by Gasteiger charge is 2.61. The monoisotopic (exact) mass is 510 g/mol. The molecule has 190 valence electrons. The smallest absolute Gasteiger partial charge is 0.335 e. The predicted octanol–water partition coefficient (Wildman–Crippen LogP) is 3.33. The Hall–Kier alpha value is -1.42. The van der Waals surface area contributed by atoms with E-state index < -0.39 is 41.7 Å².